The molecule has 0 radical (unpaired) electrons. The van der Waals surface area contributed by atoms with E-state index in [1.807, 2.05) is 5.38 Å². The van der Waals surface area contributed by atoms with E-state index in [1.165, 1.54) is 24.2 Å². The predicted octanol–water partition coefficient (Wildman–Crippen LogP) is 3.18. The summed E-state index contributed by atoms with van der Waals surface area (Å²) in [6, 6.07) is 2.05. The van der Waals surface area contributed by atoms with E-state index >= 15 is 0 Å². The number of thiophene rings is 1. The predicted molar refractivity (Wildman–Crippen MR) is 99.7 cm³/mol. The van der Waals surface area contributed by atoms with Crippen molar-refractivity contribution < 1.29 is 4.79 Å². The van der Waals surface area contributed by atoms with Gasteiger partial charge in [0.2, 0.25) is 5.91 Å². The summed E-state index contributed by atoms with van der Waals surface area (Å²) in [6.07, 6.45) is 5.41. The van der Waals surface area contributed by atoms with Gasteiger partial charge in [0, 0.05) is 19.0 Å². The monoisotopic (exact) mass is 359 g/mol. The van der Waals surface area contributed by atoms with Crippen LogP contribution in [0.1, 0.15) is 46.5 Å². The highest BCUT2D eigenvalue weighted by atomic mass is 32.1. The first-order valence-corrected chi connectivity index (χ1v) is 9.93. The number of hydrogen-bond acceptors (Lipinski definition) is 4. The number of carbonyl (C=O) groups excluding carboxylic acids is 1. The van der Waals surface area contributed by atoms with Gasteiger partial charge in [0.15, 0.2) is 0 Å². The van der Waals surface area contributed by atoms with Gasteiger partial charge in [0.25, 0.3) is 5.56 Å². The number of rotatable bonds is 4. The quantitative estimate of drug-likeness (QED) is 0.912. The lowest BCUT2D eigenvalue weighted by atomic mass is 9.69. The summed E-state index contributed by atoms with van der Waals surface area (Å²) < 4.78 is 1.54. The molecular formula is C19H25N3O2S. The summed E-state index contributed by atoms with van der Waals surface area (Å²) in [6.45, 7) is 7.39. The fourth-order valence-electron chi connectivity index (χ4n) is 4.96. The standard InChI is InChI=1S/C19H25N3O2S/c1-18(2)12-4-7-19(18,3)14(10-12)21-15(23)5-8-22-11-20-16-13(17(22)24)6-9-25-16/h6,9,11-12,14H,4-5,7-8,10H2,1-3H3,(H,21,23). The Balaban J connectivity index is 1.41. The van der Waals surface area contributed by atoms with Gasteiger partial charge in [0.05, 0.1) is 11.7 Å². The summed E-state index contributed by atoms with van der Waals surface area (Å²) >= 11 is 1.46. The topological polar surface area (TPSA) is 64.0 Å². The maximum absolute atomic E-state index is 12.5. The molecule has 2 bridgehead atoms. The first kappa shape index (κ1) is 16.8. The molecule has 5 nitrogen and oxygen atoms in total. The zero-order valence-electron chi connectivity index (χ0n) is 15.0. The number of aryl methyl sites for hydroxylation is 1. The smallest absolute Gasteiger partial charge is 0.262 e. The van der Waals surface area contributed by atoms with Crippen molar-refractivity contribution in [2.24, 2.45) is 16.7 Å². The average Bonchev–Trinajstić information content (AvgIpc) is 3.17. The van der Waals surface area contributed by atoms with Gasteiger partial charge in [-0.3, -0.25) is 14.2 Å². The van der Waals surface area contributed by atoms with Crippen molar-refractivity contribution in [3.63, 3.8) is 0 Å². The van der Waals surface area contributed by atoms with E-state index in [0.717, 1.165) is 11.3 Å². The van der Waals surface area contributed by atoms with Gasteiger partial charge in [-0.15, -0.1) is 11.3 Å². The number of nitrogens with one attached hydrogen (secondary N) is 1. The lowest BCUT2D eigenvalue weighted by Gasteiger charge is -2.39. The molecule has 2 fully saturated rings. The summed E-state index contributed by atoms with van der Waals surface area (Å²) in [5, 5.41) is 5.76. The molecule has 3 atom stereocenters. The van der Waals surface area contributed by atoms with Crippen molar-refractivity contribution in [1.29, 1.82) is 0 Å². The number of hydrogen-bond donors (Lipinski definition) is 1. The Labute approximate surface area is 151 Å². The Morgan fingerprint density at radius 1 is 1.44 bits per heavy atom. The van der Waals surface area contributed by atoms with Gasteiger partial charge in [-0.25, -0.2) is 4.98 Å². The molecule has 1 amide bonds. The SMILES string of the molecule is CC1(C)C2CCC1(C)C(NC(=O)CCn1cnc3sccc3c1=O)C2. The Bertz CT molecular complexity index is 884. The van der Waals surface area contributed by atoms with Crippen molar-refractivity contribution in [3.8, 4) is 0 Å². The van der Waals surface area contributed by atoms with Gasteiger partial charge >= 0.3 is 0 Å². The lowest BCUT2D eigenvalue weighted by molar-refractivity contribution is -0.123. The zero-order valence-corrected chi connectivity index (χ0v) is 15.9. The summed E-state index contributed by atoms with van der Waals surface area (Å²) in [7, 11) is 0. The maximum atomic E-state index is 12.5. The van der Waals surface area contributed by atoms with Crippen LogP contribution in [0.2, 0.25) is 0 Å². The van der Waals surface area contributed by atoms with Crippen LogP contribution in [-0.2, 0) is 11.3 Å². The summed E-state index contributed by atoms with van der Waals surface area (Å²) in [4.78, 5) is 29.9. The number of carbonyl (C=O) groups is 1. The molecule has 4 rings (SSSR count). The molecule has 0 aromatic carbocycles. The molecule has 134 valence electrons. The molecule has 25 heavy (non-hydrogen) atoms. The van der Waals surface area contributed by atoms with Gasteiger partial charge < -0.3 is 5.32 Å². The van der Waals surface area contributed by atoms with E-state index in [2.05, 4.69) is 31.1 Å². The molecule has 2 saturated carbocycles. The second-order valence-electron chi connectivity index (χ2n) is 8.36. The van der Waals surface area contributed by atoms with Crippen molar-refractivity contribution >= 4 is 27.5 Å². The van der Waals surface area contributed by atoms with E-state index < -0.39 is 0 Å². The molecule has 3 unspecified atom stereocenters. The summed E-state index contributed by atoms with van der Waals surface area (Å²) in [5.41, 5.74) is 0.406. The second-order valence-corrected chi connectivity index (χ2v) is 9.26. The molecule has 2 aromatic heterocycles. The normalized spacial score (nSPS) is 30.0. The van der Waals surface area contributed by atoms with Crippen molar-refractivity contribution in [2.75, 3.05) is 0 Å². The average molecular weight is 359 g/mol. The fraction of sp³-hybridized carbons (Fsp3) is 0.632. The van der Waals surface area contributed by atoms with Crippen LogP contribution >= 0.6 is 11.3 Å². The molecule has 6 heteroatoms. The Morgan fingerprint density at radius 2 is 2.24 bits per heavy atom. The van der Waals surface area contributed by atoms with Crippen LogP contribution in [0.3, 0.4) is 0 Å². The highest BCUT2D eigenvalue weighted by Crippen LogP contribution is 2.65. The Morgan fingerprint density at radius 3 is 2.92 bits per heavy atom. The van der Waals surface area contributed by atoms with Crippen LogP contribution in [0.15, 0.2) is 22.6 Å². The molecule has 0 aliphatic heterocycles. The van der Waals surface area contributed by atoms with Crippen molar-refractivity contribution in [2.45, 2.75) is 59.0 Å². The van der Waals surface area contributed by atoms with Gasteiger partial charge in [-0.1, -0.05) is 20.8 Å². The van der Waals surface area contributed by atoms with E-state index in [9.17, 15) is 9.59 Å². The van der Waals surface area contributed by atoms with Crippen LogP contribution in [0, 0.1) is 16.7 Å². The Kier molecular flexibility index (Phi) is 3.79. The summed E-state index contributed by atoms with van der Waals surface area (Å²) in [5.74, 6) is 0.738. The molecule has 0 saturated heterocycles. The van der Waals surface area contributed by atoms with Crippen LogP contribution in [0.4, 0.5) is 0 Å². The van der Waals surface area contributed by atoms with Crippen molar-refractivity contribution in [3.05, 3.63) is 28.1 Å². The third-order valence-corrected chi connectivity index (χ3v) is 7.98. The molecule has 2 heterocycles. The molecule has 2 aliphatic carbocycles. The molecule has 1 N–H and O–H groups in total. The van der Waals surface area contributed by atoms with Crippen LogP contribution in [-0.4, -0.2) is 21.5 Å². The Hall–Kier alpha value is -1.69. The minimum absolute atomic E-state index is 0.0342. The maximum Gasteiger partial charge on any atom is 0.262 e. The molecule has 2 aliphatic rings. The first-order chi connectivity index (χ1) is 11.8. The second kappa shape index (κ2) is 5.66. The minimum atomic E-state index is -0.0629. The third kappa shape index (κ3) is 2.45. The van der Waals surface area contributed by atoms with Gasteiger partial charge in [-0.2, -0.15) is 0 Å². The number of nitrogens with zero attached hydrogens (tertiary/aromatic N) is 2. The van der Waals surface area contributed by atoms with Crippen LogP contribution < -0.4 is 10.9 Å². The van der Waals surface area contributed by atoms with E-state index in [-0.39, 0.29) is 28.3 Å². The van der Waals surface area contributed by atoms with Crippen LogP contribution in [0.25, 0.3) is 10.2 Å². The molecule has 2 aromatic rings. The van der Waals surface area contributed by atoms with Gasteiger partial charge in [-0.05, 0) is 47.5 Å². The van der Waals surface area contributed by atoms with Crippen molar-refractivity contribution in [1.82, 2.24) is 14.9 Å². The number of amides is 1. The minimum Gasteiger partial charge on any atom is -0.353 e. The molecular weight excluding hydrogens is 334 g/mol. The molecule has 0 spiro atoms. The largest absolute Gasteiger partial charge is 0.353 e. The lowest BCUT2D eigenvalue weighted by Crippen LogP contribution is -2.47. The first-order valence-electron chi connectivity index (χ1n) is 9.05. The third-order valence-electron chi connectivity index (χ3n) is 7.16. The van der Waals surface area contributed by atoms with E-state index in [4.69, 9.17) is 0 Å². The van der Waals surface area contributed by atoms with Crippen LogP contribution in [0.5, 0.6) is 0 Å². The number of aromatic nitrogens is 2. The fourth-order valence-corrected chi connectivity index (χ4v) is 5.69. The number of fused-ring (bicyclic) bond motifs is 3. The highest BCUT2D eigenvalue weighted by molar-refractivity contribution is 7.16. The zero-order chi connectivity index (χ0) is 17.8. The van der Waals surface area contributed by atoms with E-state index in [0.29, 0.717) is 24.3 Å². The highest BCUT2D eigenvalue weighted by Gasteiger charge is 2.61. The van der Waals surface area contributed by atoms with E-state index in [1.54, 1.807) is 17.0 Å². The van der Waals surface area contributed by atoms with Gasteiger partial charge in [0.1, 0.15) is 4.83 Å².